The Balaban J connectivity index is 1.40. The number of ether oxygens (including phenoxy) is 4. The Bertz CT molecular complexity index is 1590. The molecule has 1 aliphatic rings. The molecule has 1 aromatic heterocycles. The predicted molar refractivity (Wildman–Crippen MR) is 194 cm³/mol. The minimum absolute atomic E-state index is 0.134. The Hall–Kier alpha value is -3.79. The number of amides is 3. The topological polar surface area (TPSA) is 188 Å². The number of rotatable bonds is 17. The Kier molecular flexibility index (Phi) is 16.3. The van der Waals surface area contributed by atoms with E-state index in [0.29, 0.717) is 82.3 Å². The molecule has 1 fully saturated rings. The van der Waals surface area contributed by atoms with Gasteiger partial charge >= 0.3 is 12.2 Å². The lowest BCUT2D eigenvalue weighted by Crippen LogP contribution is -2.53. The van der Waals surface area contributed by atoms with Crippen LogP contribution in [0.2, 0.25) is 5.02 Å². The Morgan fingerprint density at radius 2 is 1.62 bits per heavy atom. The average Bonchev–Trinajstić information content (AvgIpc) is 3.03. The summed E-state index contributed by atoms with van der Waals surface area (Å²) in [5, 5.41) is 16.6. The predicted octanol–water partition coefficient (Wildman–Crippen LogP) is 3.77. The van der Waals surface area contributed by atoms with E-state index in [0.717, 1.165) is 5.56 Å². The highest BCUT2D eigenvalue weighted by atomic mass is 35.5. The summed E-state index contributed by atoms with van der Waals surface area (Å²) in [7, 11) is 0. The molecule has 3 amide bonds. The zero-order chi connectivity index (χ0) is 38.5. The molecule has 3 N–H and O–H groups in total. The van der Waals surface area contributed by atoms with Crippen molar-refractivity contribution in [3.63, 3.8) is 0 Å². The van der Waals surface area contributed by atoms with Crippen molar-refractivity contribution in [1.82, 2.24) is 25.1 Å². The number of carbonyl (C=O) groups is 4. The van der Waals surface area contributed by atoms with Gasteiger partial charge in [0.2, 0.25) is 5.91 Å². The highest BCUT2D eigenvalue weighted by Crippen LogP contribution is 2.25. The molecule has 0 radical (unpaired) electrons. The van der Waals surface area contributed by atoms with Crippen LogP contribution < -0.4 is 16.2 Å². The summed E-state index contributed by atoms with van der Waals surface area (Å²) in [6, 6.07) is 2.48. The Morgan fingerprint density at radius 1 is 0.962 bits per heavy atom. The summed E-state index contributed by atoms with van der Waals surface area (Å²) in [4.78, 5) is 68.8. The van der Waals surface area contributed by atoms with E-state index in [4.69, 9.17) is 30.5 Å². The van der Waals surface area contributed by atoms with E-state index in [1.165, 1.54) is 21.9 Å². The molecule has 15 nitrogen and oxygen atoms in total. The minimum Gasteiger partial charge on any atom is -0.444 e. The van der Waals surface area contributed by atoms with Crippen molar-refractivity contribution < 1.29 is 43.2 Å². The van der Waals surface area contributed by atoms with Gasteiger partial charge in [-0.2, -0.15) is 0 Å². The van der Waals surface area contributed by atoms with Crippen molar-refractivity contribution in [2.75, 3.05) is 46.1 Å². The van der Waals surface area contributed by atoms with Crippen LogP contribution in [0.25, 0.3) is 10.9 Å². The number of Topliss-reactive ketones (excluding diaryl/α,β-unsaturated/α-hetero) is 1. The van der Waals surface area contributed by atoms with Gasteiger partial charge in [-0.1, -0.05) is 11.6 Å². The fraction of sp³-hybridized carbons (Fsp3) is 0.667. The molecule has 290 valence electrons. The van der Waals surface area contributed by atoms with Crippen molar-refractivity contribution in [3.8, 4) is 0 Å². The number of hydrogen-bond donors (Lipinski definition) is 3. The summed E-state index contributed by atoms with van der Waals surface area (Å²) in [6.45, 7) is 12.7. The number of likely N-dealkylation sites (tertiary alicyclic amines) is 1. The molecule has 0 aliphatic carbocycles. The van der Waals surface area contributed by atoms with Gasteiger partial charge in [0.15, 0.2) is 5.78 Å². The number of nitrogens with zero attached hydrogens (tertiary/aromatic N) is 3. The monoisotopic (exact) mass is 751 g/mol. The Labute approximate surface area is 309 Å². The summed E-state index contributed by atoms with van der Waals surface area (Å²) in [5.74, 6) is -0.475. The molecule has 0 spiro atoms. The second-order valence-corrected chi connectivity index (χ2v) is 15.1. The van der Waals surface area contributed by atoms with Crippen molar-refractivity contribution >= 4 is 46.4 Å². The van der Waals surface area contributed by atoms with Gasteiger partial charge in [-0.15, -0.1) is 0 Å². The van der Waals surface area contributed by atoms with Gasteiger partial charge in [-0.3, -0.25) is 19.0 Å². The fourth-order valence-corrected chi connectivity index (χ4v) is 5.75. The number of aryl methyl sites for hydroxylation is 1. The van der Waals surface area contributed by atoms with Gasteiger partial charge in [0.05, 0.1) is 62.3 Å². The van der Waals surface area contributed by atoms with Crippen LogP contribution >= 0.6 is 11.6 Å². The van der Waals surface area contributed by atoms with E-state index in [2.05, 4.69) is 15.6 Å². The molecule has 2 aromatic rings. The SMILES string of the molecule is CC(C)(C)OC(=O)NCCOCCOCCNC(=O)CCCc1cc2ncn(CC(=O)CC3C(O)CCCN3C(=O)OC(C)(C)C)c(=O)c2cc1Cl. The van der Waals surface area contributed by atoms with Crippen molar-refractivity contribution in [2.24, 2.45) is 0 Å². The number of aliphatic hydroxyl groups is 1. The molecule has 2 unspecified atom stereocenters. The van der Waals surface area contributed by atoms with Gasteiger partial charge in [0.1, 0.15) is 11.2 Å². The lowest BCUT2D eigenvalue weighted by molar-refractivity contribution is -0.123. The average molecular weight is 752 g/mol. The quantitative estimate of drug-likeness (QED) is 0.200. The molecule has 16 heteroatoms. The van der Waals surface area contributed by atoms with Gasteiger partial charge in [-0.25, -0.2) is 14.6 Å². The molecule has 1 aliphatic heterocycles. The number of alkyl carbamates (subject to hydrolysis) is 1. The van der Waals surface area contributed by atoms with Crippen LogP contribution in [0, 0.1) is 0 Å². The van der Waals surface area contributed by atoms with E-state index < -0.39 is 41.1 Å². The van der Waals surface area contributed by atoms with Gasteiger partial charge in [0, 0.05) is 37.5 Å². The van der Waals surface area contributed by atoms with Gasteiger partial charge in [-0.05, 0) is 84.9 Å². The van der Waals surface area contributed by atoms with Crippen LogP contribution in [-0.2, 0) is 41.5 Å². The zero-order valence-corrected chi connectivity index (χ0v) is 31.9. The van der Waals surface area contributed by atoms with E-state index in [-0.39, 0.29) is 36.5 Å². The smallest absolute Gasteiger partial charge is 0.410 e. The third-order valence-corrected chi connectivity index (χ3v) is 8.20. The van der Waals surface area contributed by atoms with Crippen LogP contribution in [0.5, 0.6) is 0 Å². The number of benzene rings is 1. The van der Waals surface area contributed by atoms with Crippen molar-refractivity contribution in [1.29, 1.82) is 0 Å². The lowest BCUT2D eigenvalue weighted by atomic mass is 9.95. The summed E-state index contributed by atoms with van der Waals surface area (Å²) >= 11 is 6.52. The molecule has 3 rings (SSSR count). The van der Waals surface area contributed by atoms with E-state index >= 15 is 0 Å². The molecule has 52 heavy (non-hydrogen) atoms. The zero-order valence-electron chi connectivity index (χ0n) is 31.1. The molecule has 1 saturated heterocycles. The molecule has 1 aromatic carbocycles. The fourth-order valence-electron chi connectivity index (χ4n) is 5.50. The summed E-state index contributed by atoms with van der Waals surface area (Å²) < 4.78 is 22.7. The number of hydrogen-bond acceptors (Lipinski definition) is 11. The van der Waals surface area contributed by atoms with E-state index in [1.807, 2.05) is 0 Å². The number of aliphatic hydroxyl groups excluding tert-OH is 1. The third-order valence-electron chi connectivity index (χ3n) is 7.85. The first kappa shape index (κ1) is 42.6. The number of piperidine rings is 1. The number of aromatic nitrogens is 2. The first-order valence-corrected chi connectivity index (χ1v) is 18.1. The van der Waals surface area contributed by atoms with E-state index in [9.17, 15) is 29.1 Å². The summed E-state index contributed by atoms with van der Waals surface area (Å²) in [6.07, 6.45) is 1.49. The second-order valence-electron chi connectivity index (χ2n) is 14.7. The largest absolute Gasteiger partial charge is 0.444 e. The normalized spacial score (nSPS) is 16.4. The maximum atomic E-state index is 13.3. The lowest BCUT2D eigenvalue weighted by Gasteiger charge is -2.39. The van der Waals surface area contributed by atoms with Crippen LogP contribution in [0.15, 0.2) is 23.3 Å². The minimum atomic E-state index is -0.890. The number of ketones is 1. The first-order valence-electron chi connectivity index (χ1n) is 17.7. The van der Waals surface area contributed by atoms with Crippen molar-refractivity contribution in [2.45, 2.75) is 110 Å². The maximum Gasteiger partial charge on any atom is 0.410 e. The van der Waals surface area contributed by atoms with Crippen LogP contribution in [-0.4, -0.2) is 113 Å². The molecule has 0 bridgehead atoms. The van der Waals surface area contributed by atoms with Gasteiger partial charge < -0.3 is 39.6 Å². The number of fused-ring (bicyclic) bond motifs is 1. The molecular formula is C36H54ClN5O10. The third kappa shape index (κ3) is 14.7. The molecular weight excluding hydrogens is 698 g/mol. The molecule has 2 heterocycles. The molecule has 0 saturated carbocycles. The van der Waals surface area contributed by atoms with Gasteiger partial charge in [0.25, 0.3) is 5.56 Å². The van der Waals surface area contributed by atoms with E-state index in [1.54, 1.807) is 47.6 Å². The summed E-state index contributed by atoms with van der Waals surface area (Å²) in [5.41, 5.74) is -0.575. The first-order chi connectivity index (χ1) is 24.4. The standard InChI is InChI=1S/C36H54ClN5O10/c1-35(2,3)51-33(47)39-13-16-50-18-17-49-15-12-38-31(45)11-7-9-24-19-28-26(21-27(24)37)32(46)41(23-40-28)22-25(43)20-29-30(44)10-8-14-42(29)34(48)52-36(4,5)6/h19,21,23,29-30,44H,7-18,20,22H2,1-6H3,(H,38,45)(H,39,47). The van der Waals surface area contributed by atoms with Crippen LogP contribution in [0.4, 0.5) is 9.59 Å². The van der Waals surface area contributed by atoms with Crippen LogP contribution in [0.1, 0.15) is 79.2 Å². The number of halogens is 1. The number of carbonyl (C=O) groups excluding carboxylic acids is 4. The maximum absolute atomic E-state index is 13.3. The number of nitrogens with one attached hydrogen (secondary N) is 2. The van der Waals surface area contributed by atoms with Crippen LogP contribution in [0.3, 0.4) is 0 Å². The highest BCUT2D eigenvalue weighted by Gasteiger charge is 2.37. The highest BCUT2D eigenvalue weighted by molar-refractivity contribution is 6.32. The Morgan fingerprint density at radius 3 is 2.27 bits per heavy atom. The van der Waals surface area contributed by atoms with Crippen molar-refractivity contribution in [3.05, 3.63) is 39.4 Å². The second kappa shape index (κ2) is 19.9. The molecule has 2 atom stereocenters.